The van der Waals surface area contributed by atoms with Crippen LogP contribution in [0.1, 0.15) is 13.3 Å². The monoisotopic (exact) mass is 163 g/mol. The average Bonchev–Trinajstić information content (AvgIpc) is 2.49. The van der Waals surface area contributed by atoms with Gasteiger partial charge in [-0.2, -0.15) is 0 Å². The first-order valence-electron chi connectivity index (χ1n) is 4.36. The maximum Gasteiger partial charge on any atom is 0.116 e. The number of hydrogen-bond donors (Lipinski definition) is 2. The molecule has 1 aliphatic heterocycles. The average molecular weight is 163 g/mol. The Kier molecular flexibility index (Phi) is 1.68. The summed E-state index contributed by atoms with van der Waals surface area (Å²) in [5.41, 5.74) is 1.06. The molecule has 0 fully saturated rings. The minimum Gasteiger partial charge on any atom is -0.508 e. The van der Waals surface area contributed by atoms with E-state index in [-0.39, 0.29) is 6.04 Å². The van der Waals surface area contributed by atoms with E-state index in [0.717, 1.165) is 12.0 Å². The first-order chi connectivity index (χ1) is 5.81. The summed E-state index contributed by atoms with van der Waals surface area (Å²) >= 11 is 0. The minimum absolute atomic E-state index is 0.278. The largest absolute Gasteiger partial charge is 0.508 e. The lowest BCUT2D eigenvalue weighted by molar-refractivity contribution is 0.404. The summed E-state index contributed by atoms with van der Waals surface area (Å²) in [6.07, 6.45) is 9.01. The molecule has 2 rings (SSSR count). The van der Waals surface area contributed by atoms with Gasteiger partial charge in [0.15, 0.2) is 0 Å². The first-order valence-corrected chi connectivity index (χ1v) is 4.36. The Bertz CT molecular complexity index is 276. The zero-order valence-electron chi connectivity index (χ0n) is 7.12. The molecule has 0 spiro atoms. The van der Waals surface area contributed by atoms with Crippen LogP contribution in [0.3, 0.4) is 0 Å². The third-order valence-electron chi connectivity index (χ3n) is 2.46. The van der Waals surface area contributed by atoms with Crippen LogP contribution in [-0.4, -0.2) is 11.1 Å². The number of aliphatic hydroxyl groups is 1. The van der Waals surface area contributed by atoms with Crippen molar-refractivity contribution in [2.24, 2.45) is 5.92 Å². The molecular formula is C10H13NO. The second-order valence-corrected chi connectivity index (χ2v) is 3.23. The highest BCUT2D eigenvalue weighted by molar-refractivity contribution is 5.36. The predicted molar refractivity (Wildman–Crippen MR) is 48.6 cm³/mol. The molecule has 0 saturated carbocycles. The molecule has 0 amide bonds. The van der Waals surface area contributed by atoms with Crippen molar-refractivity contribution in [2.45, 2.75) is 19.4 Å². The number of aliphatic hydroxyl groups excluding tert-OH is 1. The second kappa shape index (κ2) is 2.70. The van der Waals surface area contributed by atoms with E-state index in [1.165, 1.54) is 0 Å². The van der Waals surface area contributed by atoms with Crippen molar-refractivity contribution in [1.29, 1.82) is 0 Å². The first kappa shape index (κ1) is 7.47. The quantitative estimate of drug-likeness (QED) is 0.618. The number of fused-ring (bicyclic) bond motifs is 1. The third-order valence-corrected chi connectivity index (χ3v) is 2.46. The molecule has 1 heterocycles. The van der Waals surface area contributed by atoms with Crippen LogP contribution in [0.25, 0.3) is 0 Å². The van der Waals surface area contributed by atoms with Gasteiger partial charge in [-0.15, -0.1) is 0 Å². The highest BCUT2D eigenvalue weighted by Gasteiger charge is 2.24. The Morgan fingerprint density at radius 2 is 2.33 bits per heavy atom. The van der Waals surface area contributed by atoms with Gasteiger partial charge in [-0.1, -0.05) is 19.1 Å². The van der Waals surface area contributed by atoms with Crippen molar-refractivity contribution >= 4 is 0 Å². The molecule has 2 nitrogen and oxygen atoms in total. The van der Waals surface area contributed by atoms with E-state index < -0.39 is 0 Å². The summed E-state index contributed by atoms with van der Waals surface area (Å²) in [7, 11) is 0. The fourth-order valence-electron chi connectivity index (χ4n) is 1.72. The lowest BCUT2D eigenvalue weighted by atomic mass is 9.91. The van der Waals surface area contributed by atoms with Crippen LogP contribution in [0.2, 0.25) is 0 Å². The number of hydrogen-bond acceptors (Lipinski definition) is 2. The van der Waals surface area contributed by atoms with Crippen LogP contribution in [-0.2, 0) is 0 Å². The van der Waals surface area contributed by atoms with E-state index in [1.807, 2.05) is 12.3 Å². The van der Waals surface area contributed by atoms with Gasteiger partial charge in [-0.3, -0.25) is 0 Å². The van der Waals surface area contributed by atoms with Gasteiger partial charge in [0.2, 0.25) is 0 Å². The molecule has 2 aliphatic rings. The van der Waals surface area contributed by atoms with E-state index in [4.69, 9.17) is 0 Å². The van der Waals surface area contributed by atoms with Crippen LogP contribution < -0.4 is 5.32 Å². The second-order valence-electron chi connectivity index (χ2n) is 3.23. The zero-order valence-corrected chi connectivity index (χ0v) is 7.12. The van der Waals surface area contributed by atoms with Gasteiger partial charge in [-0.25, -0.2) is 0 Å². The molecule has 0 aromatic rings. The molecule has 64 valence electrons. The molecule has 0 radical (unpaired) electrons. The lowest BCUT2D eigenvalue weighted by Gasteiger charge is -2.20. The van der Waals surface area contributed by atoms with Crippen molar-refractivity contribution in [3.63, 3.8) is 0 Å². The van der Waals surface area contributed by atoms with Crippen LogP contribution in [0.4, 0.5) is 0 Å². The van der Waals surface area contributed by atoms with Crippen LogP contribution >= 0.6 is 0 Å². The Morgan fingerprint density at radius 1 is 1.50 bits per heavy atom. The summed E-state index contributed by atoms with van der Waals surface area (Å²) < 4.78 is 0. The lowest BCUT2D eigenvalue weighted by Crippen LogP contribution is -2.26. The highest BCUT2D eigenvalue weighted by Crippen LogP contribution is 2.26. The maximum atomic E-state index is 9.54. The Balaban J connectivity index is 2.27. The van der Waals surface area contributed by atoms with Crippen molar-refractivity contribution in [1.82, 2.24) is 5.32 Å². The van der Waals surface area contributed by atoms with Crippen LogP contribution in [0.15, 0.2) is 35.8 Å². The topological polar surface area (TPSA) is 32.3 Å². The van der Waals surface area contributed by atoms with Gasteiger partial charge in [0.25, 0.3) is 0 Å². The fourth-order valence-corrected chi connectivity index (χ4v) is 1.72. The number of nitrogens with one attached hydrogen (secondary N) is 1. The summed E-state index contributed by atoms with van der Waals surface area (Å²) in [5.74, 6) is 0.880. The molecule has 12 heavy (non-hydrogen) atoms. The molecule has 2 N–H and O–H groups in total. The van der Waals surface area contributed by atoms with Gasteiger partial charge in [0.1, 0.15) is 5.76 Å². The summed E-state index contributed by atoms with van der Waals surface area (Å²) in [5, 5.41) is 12.7. The van der Waals surface area contributed by atoms with Gasteiger partial charge >= 0.3 is 0 Å². The summed E-state index contributed by atoms with van der Waals surface area (Å²) in [6, 6.07) is 0.278. The minimum atomic E-state index is 0.278. The fraction of sp³-hybridized carbons (Fsp3) is 0.400. The van der Waals surface area contributed by atoms with Crippen molar-refractivity contribution in [3.8, 4) is 0 Å². The normalized spacial score (nSPS) is 32.1. The highest BCUT2D eigenvalue weighted by atomic mass is 16.3. The molecule has 2 unspecified atom stereocenters. The third kappa shape index (κ3) is 1.04. The molecule has 0 bridgehead atoms. The molecule has 2 heteroatoms. The van der Waals surface area contributed by atoms with Gasteiger partial charge in [0, 0.05) is 5.92 Å². The van der Waals surface area contributed by atoms with E-state index in [1.54, 1.807) is 0 Å². The Morgan fingerprint density at radius 3 is 3.08 bits per heavy atom. The van der Waals surface area contributed by atoms with Crippen molar-refractivity contribution in [3.05, 3.63) is 35.8 Å². The van der Waals surface area contributed by atoms with Crippen molar-refractivity contribution in [2.75, 3.05) is 0 Å². The van der Waals surface area contributed by atoms with Gasteiger partial charge < -0.3 is 10.4 Å². The van der Waals surface area contributed by atoms with Crippen LogP contribution in [0.5, 0.6) is 0 Å². The van der Waals surface area contributed by atoms with Crippen LogP contribution in [0, 0.1) is 5.92 Å². The summed E-state index contributed by atoms with van der Waals surface area (Å²) in [4.78, 5) is 0. The van der Waals surface area contributed by atoms with E-state index in [9.17, 15) is 5.11 Å². The Labute approximate surface area is 72.3 Å². The SMILES string of the molecule is CCC1=CC2C=CNC2C=C1O. The van der Waals surface area contributed by atoms with Gasteiger partial charge in [-0.05, 0) is 24.3 Å². The van der Waals surface area contributed by atoms with E-state index in [0.29, 0.717) is 11.7 Å². The Hall–Kier alpha value is -1.18. The molecule has 0 aromatic carbocycles. The molecule has 0 aromatic heterocycles. The molecule has 2 atom stereocenters. The molecule has 0 saturated heterocycles. The van der Waals surface area contributed by atoms with Crippen molar-refractivity contribution < 1.29 is 5.11 Å². The molecular weight excluding hydrogens is 150 g/mol. The number of rotatable bonds is 1. The number of allylic oxidation sites excluding steroid dienone is 1. The maximum absolute atomic E-state index is 9.54. The predicted octanol–water partition coefficient (Wildman–Crippen LogP) is 1.88. The van der Waals surface area contributed by atoms with E-state index in [2.05, 4.69) is 24.4 Å². The molecule has 1 aliphatic carbocycles. The van der Waals surface area contributed by atoms with E-state index >= 15 is 0 Å². The standard InChI is InChI=1S/C10H13NO/c1-2-7-5-8-3-4-11-9(8)6-10(7)12/h3-6,8-9,11-12H,2H2,1H3. The van der Waals surface area contributed by atoms with Gasteiger partial charge in [0.05, 0.1) is 6.04 Å². The smallest absolute Gasteiger partial charge is 0.116 e. The zero-order chi connectivity index (χ0) is 8.55. The summed E-state index contributed by atoms with van der Waals surface area (Å²) in [6.45, 7) is 2.06.